The molecule has 0 radical (unpaired) electrons. The third kappa shape index (κ3) is 4.37. The van der Waals surface area contributed by atoms with Crippen LogP contribution in [0.15, 0.2) is 35.9 Å². The molecule has 3 nitrogen and oxygen atoms in total. The topological polar surface area (TPSA) is 29.5 Å². The minimum absolute atomic E-state index is 0. The highest BCUT2D eigenvalue weighted by atomic mass is 35.5. The lowest BCUT2D eigenvalue weighted by molar-refractivity contribution is -0.136. The van der Waals surface area contributed by atoms with E-state index in [0.717, 1.165) is 25.1 Å². The molecule has 0 aromatic heterocycles. The number of ether oxygens (including phenoxy) is 1. The van der Waals surface area contributed by atoms with Crippen LogP contribution in [0.4, 0.5) is 0 Å². The van der Waals surface area contributed by atoms with Crippen molar-refractivity contribution in [2.75, 3.05) is 20.2 Å². The van der Waals surface area contributed by atoms with Crippen molar-refractivity contribution in [2.45, 2.75) is 19.9 Å². The Morgan fingerprint density at radius 3 is 2.63 bits per heavy atom. The van der Waals surface area contributed by atoms with Crippen molar-refractivity contribution in [1.29, 1.82) is 0 Å². The smallest absolute Gasteiger partial charge is 0.334 e. The Hall–Kier alpha value is -1.32. The number of methoxy groups -OCH3 is 1. The van der Waals surface area contributed by atoms with Crippen LogP contribution in [-0.2, 0) is 16.1 Å². The van der Waals surface area contributed by atoms with E-state index in [1.54, 1.807) is 0 Å². The molecule has 0 fully saturated rings. The first-order valence-electron chi connectivity index (χ1n) is 6.24. The van der Waals surface area contributed by atoms with Crippen LogP contribution in [0.25, 0.3) is 0 Å². The van der Waals surface area contributed by atoms with E-state index in [2.05, 4.69) is 36.1 Å². The number of hydrogen-bond donors (Lipinski definition) is 0. The Kier molecular flexibility index (Phi) is 6.06. The molecule has 0 amide bonds. The van der Waals surface area contributed by atoms with Crippen molar-refractivity contribution >= 4 is 18.4 Å². The summed E-state index contributed by atoms with van der Waals surface area (Å²) in [5.41, 5.74) is 3.33. The lowest BCUT2D eigenvalue weighted by Crippen LogP contribution is -2.32. The molecule has 1 aliphatic rings. The summed E-state index contributed by atoms with van der Waals surface area (Å²) in [5, 5.41) is 0. The first-order valence-corrected chi connectivity index (χ1v) is 6.24. The number of carbonyl (C=O) groups is 1. The van der Waals surface area contributed by atoms with Crippen molar-refractivity contribution < 1.29 is 9.53 Å². The van der Waals surface area contributed by atoms with Gasteiger partial charge in [-0.1, -0.05) is 35.9 Å². The summed E-state index contributed by atoms with van der Waals surface area (Å²) >= 11 is 0. The second kappa shape index (κ2) is 7.31. The fourth-order valence-electron chi connectivity index (χ4n) is 2.17. The molecule has 19 heavy (non-hydrogen) atoms. The van der Waals surface area contributed by atoms with Gasteiger partial charge < -0.3 is 4.74 Å². The molecule has 1 heterocycles. The summed E-state index contributed by atoms with van der Waals surface area (Å²) < 4.78 is 4.77. The highest BCUT2D eigenvalue weighted by Crippen LogP contribution is 2.14. The summed E-state index contributed by atoms with van der Waals surface area (Å²) in [7, 11) is 1.43. The van der Waals surface area contributed by atoms with Crippen LogP contribution in [0.1, 0.15) is 17.5 Å². The summed E-state index contributed by atoms with van der Waals surface area (Å²) in [4.78, 5) is 13.8. The number of aryl methyl sites for hydroxylation is 1. The van der Waals surface area contributed by atoms with E-state index in [-0.39, 0.29) is 18.4 Å². The maximum Gasteiger partial charge on any atom is 0.334 e. The Bertz CT molecular complexity index is 454. The van der Waals surface area contributed by atoms with Crippen molar-refractivity contribution in [3.8, 4) is 0 Å². The molecule has 0 saturated carbocycles. The minimum Gasteiger partial charge on any atom is -0.466 e. The van der Waals surface area contributed by atoms with Gasteiger partial charge in [-0.3, -0.25) is 4.90 Å². The molecule has 104 valence electrons. The van der Waals surface area contributed by atoms with E-state index < -0.39 is 0 Å². The Morgan fingerprint density at radius 1 is 1.32 bits per heavy atom. The summed E-state index contributed by atoms with van der Waals surface area (Å²) in [6.45, 7) is 4.65. The molecule has 0 aliphatic carbocycles. The van der Waals surface area contributed by atoms with Gasteiger partial charge in [0.15, 0.2) is 0 Å². The highest BCUT2D eigenvalue weighted by molar-refractivity contribution is 5.88. The first kappa shape index (κ1) is 15.7. The summed E-state index contributed by atoms with van der Waals surface area (Å²) in [5.74, 6) is -0.205. The van der Waals surface area contributed by atoms with E-state index in [9.17, 15) is 4.79 Å². The molecule has 0 atom stereocenters. The van der Waals surface area contributed by atoms with Crippen LogP contribution in [-0.4, -0.2) is 31.1 Å². The Balaban J connectivity index is 0.00000180. The quantitative estimate of drug-likeness (QED) is 0.798. The zero-order chi connectivity index (χ0) is 13.0. The SMILES string of the molecule is COC(=O)C1=CCCN(Cc2ccc(C)cc2)C1.Cl. The summed E-state index contributed by atoms with van der Waals surface area (Å²) in [6, 6.07) is 8.53. The number of halogens is 1. The van der Waals surface area contributed by atoms with Crippen molar-refractivity contribution in [2.24, 2.45) is 0 Å². The van der Waals surface area contributed by atoms with Gasteiger partial charge in [0.25, 0.3) is 0 Å². The molecule has 0 unspecified atom stereocenters. The zero-order valence-electron chi connectivity index (χ0n) is 11.4. The van der Waals surface area contributed by atoms with E-state index in [4.69, 9.17) is 4.74 Å². The third-order valence-electron chi connectivity index (χ3n) is 3.20. The molecule has 1 aromatic rings. The van der Waals surface area contributed by atoms with Crippen molar-refractivity contribution in [1.82, 2.24) is 4.90 Å². The lowest BCUT2D eigenvalue weighted by atomic mass is 10.1. The van der Waals surface area contributed by atoms with Crippen LogP contribution in [0, 0.1) is 6.92 Å². The molecule has 0 bridgehead atoms. The summed E-state index contributed by atoms with van der Waals surface area (Å²) in [6.07, 6.45) is 2.90. The Labute approximate surface area is 120 Å². The number of benzene rings is 1. The Morgan fingerprint density at radius 2 is 2.00 bits per heavy atom. The molecule has 0 spiro atoms. The number of hydrogen-bond acceptors (Lipinski definition) is 3. The fourth-order valence-corrected chi connectivity index (χ4v) is 2.17. The fraction of sp³-hybridized carbons (Fsp3) is 0.400. The highest BCUT2D eigenvalue weighted by Gasteiger charge is 2.18. The maximum atomic E-state index is 11.5. The monoisotopic (exact) mass is 281 g/mol. The molecule has 1 aliphatic heterocycles. The second-order valence-electron chi connectivity index (χ2n) is 4.71. The largest absolute Gasteiger partial charge is 0.466 e. The number of esters is 1. The van der Waals surface area contributed by atoms with Crippen LogP contribution in [0.5, 0.6) is 0 Å². The zero-order valence-corrected chi connectivity index (χ0v) is 12.2. The van der Waals surface area contributed by atoms with Gasteiger partial charge in [-0.2, -0.15) is 0 Å². The molecule has 4 heteroatoms. The third-order valence-corrected chi connectivity index (χ3v) is 3.20. The van der Waals surface area contributed by atoms with Gasteiger partial charge in [-0.25, -0.2) is 4.79 Å². The molecule has 2 rings (SSSR count). The van der Waals surface area contributed by atoms with Crippen LogP contribution >= 0.6 is 12.4 Å². The molecule has 1 aromatic carbocycles. The second-order valence-corrected chi connectivity index (χ2v) is 4.71. The van der Waals surface area contributed by atoms with E-state index in [1.807, 2.05) is 6.08 Å². The minimum atomic E-state index is -0.205. The van der Waals surface area contributed by atoms with Crippen molar-refractivity contribution in [3.63, 3.8) is 0 Å². The standard InChI is InChI=1S/C15H19NO2.ClH/c1-12-5-7-13(8-6-12)10-16-9-3-4-14(11-16)15(17)18-2;/h4-8H,3,9-11H2,1-2H3;1H. The molecular formula is C15H20ClNO2. The van der Waals surface area contributed by atoms with Crippen LogP contribution in [0.2, 0.25) is 0 Å². The number of carbonyl (C=O) groups excluding carboxylic acids is 1. The van der Waals surface area contributed by atoms with E-state index >= 15 is 0 Å². The van der Waals surface area contributed by atoms with Gasteiger partial charge in [0.2, 0.25) is 0 Å². The van der Waals surface area contributed by atoms with Gasteiger partial charge in [-0.15, -0.1) is 12.4 Å². The van der Waals surface area contributed by atoms with Gasteiger partial charge in [0, 0.05) is 25.2 Å². The average Bonchev–Trinajstić information content (AvgIpc) is 2.41. The van der Waals surface area contributed by atoms with Gasteiger partial charge in [-0.05, 0) is 18.9 Å². The predicted molar refractivity (Wildman–Crippen MR) is 78.4 cm³/mol. The lowest BCUT2D eigenvalue weighted by Gasteiger charge is -2.26. The van der Waals surface area contributed by atoms with Crippen LogP contribution < -0.4 is 0 Å². The van der Waals surface area contributed by atoms with Gasteiger partial charge >= 0.3 is 5.97 Å². The molecule has 0 saturated heterocycles. The van der Waals surface area contributed by atoms with E-state index in [0.29, 0.717) is 6.54 Å². The van der Waals surface area contributed by atoms with Gasteiger partial charge in [0.1, 0.15) is 0 Å². The average molecular weight is 282 g/mol. The molecule has 0 N–H and O–H groups in total. The number of rotatable bonds is 3. The van der Waals surface area contributed by atoms with Gasteiger partial charge in [0.05, 0.1) is 7.11 Å². The normalized spacial score (nSPS) is 15.4. The predicted octanol–water partition coefficient (Wildman–Crippen LogP) is 2.72. The first-order chi connectivity index (χ1) is 8.69. The van der Waals surface area contributed by atoms with E-state index in [1.165, 1.54) is 18.2 Å². The number of nitrogens with zero attached hydrogens (tertiary/aromatic N) is 1. The maximum absolute atomic E-state index is 11.5. The van der Waals surface area contributed by atoms with Crippen molar-refractivity contribution in [3.05, 3.63) is 47.0 Å². The van der Waals surface area contributed by atoms with Crippen LogP contribution in [0.3, 0.4) is 0 Å². The molecular weight excluding hydrogens is 262 g/mol.